The van der Waals surface area contributed by atoms with Crippen molar-refractivity contribution >= 4 is 5.91 Å². The number of carbonyl (C=O) groups excluding carboxylic acids is 1. The summed E-state index contributed by atoms with van der Waals surface area (Å²) in [7, 11) is 0. The van der Waals surface area contributed by atoms with Crippen molar-refractivity contribution in [3.63, 3.8) is 0 Å². The Hall–Kier alpha value is -1.27. The van der Waals surface area contributed by atoms with E-state index in [4.69, 9.17) is 12.2 Å². The molecule has 60 valence electrons. The van der Waals surface area contributed by atoms with Crippen LogP contribution in [-0.2, 0) is 4.79 Å². The number of hydrogen-bond donors (Lipinski definition) is 2. The van der Waals surface area contributed by atoms with Gasteiger partial charge in [-0.25, -0.2) is 0 Å². The summed E-state index contributed by atoms with van der Waals surface area (Å²) in [6, 6.07) is -0.597. The normalized spacial score (nSPS) is 11.3. The number of carbonyl (C=O) groups is 1. The highest BCUT2D eigenvalue weighted by molar-refractivity contribution is 5.81. The summed E-state index contributed by atoms with van der Waals surface area (Å²) < 4.78 is 0. The molecule has 0 aliphatic heterocycles. The second kappa shape index (κ2) is 5.51. The minimum Gasteiger partial charge on any atom is -0.351 e. The molecule has 3 heteroatoms. The Morgan fingerprint density at radius 1 is 1.91 bits per heavy atom. The zero-order chi connectivity index (χ0) is 8.69. The molecule has 0 fully saturated rings. The molecule has 0 saturated carbocycles. The maximum Gasteiger partial charge on any atom is 0.238 e. The van der Waals surface area contributed by atoms with Crippen molar-refractivity contribution in [2.75, 3.05) is 6.54 Å². The average Bonchev–Trinajstić information content (AvgIpc) is 2.00. The summed E-state index contributed by atoms with van der Waals surface area (Å²) in [5.41, 5.74) is 5.38. The van der Waals surface area contributed by atoms with Crippen LogP contribution in [0.25, 0.3) is 0 Å². The van der Waals surface area contributed by atoms with Crippen LogP contribution >= 0.6 is 0 Å². The van der Waals surface area contributed by atoms with Crippen molar-refractivity contribution in [1.29, 1.82) is 0 Å². The van der Waals surface area contributed by atoms with Gasteiger partial charge in [0.2, 0.25) is 5.91 Å². The van der Waals surface area contributed by atoms with E-state index >= 15 is 0 Å². The second-order valence-corrected chi connectivity index (χ2v) is 2.05. The average molecular weight is 152 g/mol. The first-order chi connectivity index (χ1) is 5.22. The molecular formula is C8H12N2O. The Bertz CT molecular complexity index is 181. The molecule has 3 N–H and O–H groups in total. The van der Waals surface area contributed by atoms with Crippen molar-refractivity contribution in [1.82, 2.24) is 5.32 Å². The third kappa shape index (κ3) is 4.18. The summed E-state index contributed by atoms with van der Waals surface area (Å²) >= 11 is 0. The Labute approximate surface area is 66.7 Å². The Kier molecular flexibility index (Phi) is 4.87. The maximum atomic E-state index is 10.9. The van der Waals surface area contributed by atoms with Crippen molar-refractivity contribution < 1.29 is 4.79 Å². The zero-order valence-electron chi connectivity index (χ0n) is 6.34. The van der Waals surface area contributed by atoms with Crippen LogP contribution in [0.1, 0.15) is 6.42 Å². The lowest BCUT2D eigenvalue weighted by Crippen LogP contribution is -2.40. The van der Waals surface area contributed by atoms with E-state index in [2.05, 4.69) is 17.8 Å². The molecule has 0 aromatic rings. The van der Waals surface area contributed by atoms with Gasteiger partial charge in [-0.3, -0.25) is 4.79 Å². The van der Waals surface area contributed by atoms with Crippen molar-refractivity contribution in [3.8, 4) is 12.3 Å². The van der Waals surface area contributed by atoms with E-state index in [9.17, 15) is 4.79 Å². The molecule has 0 aromatic carbocycles. The number of rotatable bonds is 4. The minimum absolute atomic E-state index is 0.233. The van der Waals surface area contributed by atoms with Crippen LogP contribution in [0.2, 0.25) is 0 Å². The molecule has 0 rings (SSSR count). The number of terminal acetylenes is 1. The van der Waals surface area contributed by atoms with Gasteiger partial charge in [0.05, 0.1) is 6.04 Å². The molecule has 0 spiro atoms. The predicted octanol–water partition coefficient (Wildman–Crippen LogP) is -0.361. The second-order valence-electron chi connectivity index (χ2n) is 2.05. The largest absolute Gasteiger partial charge is 0.351 e. The van der Waals surface area contributed by atoms with Gasteiger partial charge in [0, 0.05) is 13.0 Å². The highest BCUT2D eigenvalue weighted by atomic mass is 16.2. The first kappa shape index (κ1) is 9.73. The lowest BCUT2D eigenvalue weighted by molar-refractivity contribution is -0.122. The van der Waals surface area contributed by atoms with Gasteiger partial charge in [0.1, 0.15) is 0 Å². The van der Waals surface area contributed by atoms with Crippen LogP contribution in [0.5, 0.6) is 0 Å². The van der Waals surface area contributed by atoms with Crippen molar-refractivity contribution in [2.24, 2.45) is 5.73 Å². The molecule has 3 nitrogen and oxygen atoms in total. The number of amides is 1. The van der Waals surface area contributed by atoms with Crippen LogP contribution in [0, 0.1) is 12.3 Å². The molecule has 1 atom stereocenters. The third-order valence-corrected chi connectivity index (χ3v) is 1.10. The summed E-state index contributed by atoms with van der Waals surface area (Å²) in [6.07, 6.45) is 6.82. The zero-order valence-corrected chi connectivity index (χ0v) is 6.34. The van der Waals surface area contributed by atoms with E-state index in [0.29, 0.717) is 6.54 Å². The molecule has 0 aliphatic rings. The fourth-order valence-electron chi connectivity index (χ4n) is 0.524. The van der Waals surface area contributed by atoms with Gasteiger partial charge in [0.25, 0.3) is 0 Å². The lowest BCUT2D eigenvalue weighted by Gasteiger charge is -2.06. The summed E-state index contributed by atoms with van der Waals surface area (Å²) in [4.78, 5) is 10.9. The van der Waals surface area contributed by atoms with Crippen LogP contribution in [-0.4, -0.2) is 18.5 Å². The fourth-order valence-corrected chi connectivity index (χ4v) is 0.524. The van der Waals surface area contributed by atoms with Crippen LogP contribution in [0.4, 0.5) is 0 Å². The molecule has 11 heavy (non-hydrogen) atoms. The number of nitrogens with two attached hydrogens (primary N) is 1. The fraction of sp³-hybridized carbons (Fsp3) is 0.375. The highest BCUT2D eigenvalue weighted by Crippen LogP contribution is 1.84. The van der Waals surface area contributed by atoms with Gasteiger partial charge in [0.15, 0.2) is 0 Å². The molecule has 0 heterocycles. The molecular weight excluding hydrogens is 140 g/mol. The number of hydrogen-bond acceptors (Lipinski definition) is 2. The molecule has 0 radical (unpaired) electrons. The Morgan fingerprint density at radius 3 is 3.00 bits per heavy atom. The smallest absolute Gasteiger partial charge is 0.238 e. The van der Waals surface area contributed by atoms with E-state index in [0.717, 1.165) is 0 Å². The molecule has 1 amide bonds. The first-order valence-corrected chi connectivity index (χ1v) is 3.30. The van der Waals surface area contributed by atoms with E-state index < -0.39 is 6.04 Å². The van der Waals surface area contributed by atoms with Crippen molar-refractivity contribution in [3.05, 3.63) is 12.7 Å². The van der Waals surface area contributed by atoms with E-state index in [1.807, 2.05) is 0 Å². The quantitative estimate of drug-likeness (QED) is 0.427. The van der Waals surface area contributed by atoms with E-state index in [1.54, 1.807) is 6.08 Å². The van der Waals surface area contributed by atoms with E-state index in [1.165, 1.54) is 0 Å². The highest BCUT2D eigenvalue weighted by Gasteiger charge is 2.09. The molecule has 0 saturated heterocycles. The van der Waals surface area contributed by atoms with Crippen molar-refractivity contribution in [2.45, 2.75) is 12.5 Å². The van der Waals surface area contributed by atoms with Gasteiger partial charge >= 0.3 is 0 Å². The third-order valence-electron chi connectivity index (χ3n) is 1.10. The van der Waals surface area contributed by atoms with Crippen LogP contribution < -0.4 is 11.1 Å². The number of nitrogens with one attached hydrogen (secondary N) is 1. The monoisotopic (exact) mass is 152 g/mol. The Balaban J connectivity index is 3.65. The summed E-state index contributed by atoms with van der Waals surface area (Å²) in [5, 5.41) is 2.54. The van der Waals surface area contributed by atoms with Gasteiger partial charge < -0.3 is 11.1 Å². The van der Waals surface area contributed by atoms with Gasteiger partial charge in [-0.15, -0.1) is 18.9 Å². The van der Waals surface area contributed by atoms with Gasteiger partial charge in [-0.1, -0.05) is 6.08 Å². The summed E-state index contributed by atoms with van der Waals surface area (Å²) in [6.45, 7) is 3.87. The standard InChI is InChI=1S/C8H12N2O/c1-3-5-7(9)8(11)10-6-4-2/h1,4,7H,2,5-6,9H2,(H,10,11). The predicted molar refractivity (Wildman–Crippen MR) is 44.6 cm³/mol. The SMILES string of the molecule is C#CCC(N)C(=O)NCC=C. The van der Waals surface area contributed by atoms with E-state index in [-0.39, 0.29) is 12.3 Å². The summed E-state index contributed by atoms with van der Waals surface area (Å²) in [5.74, 6) is 2.08. The first-order valence-electron chi connectivity index (χ1n) is 3.30. The van der Waals surface area contributed by atoms with Gasteiger partial charge in [-0.2, -0.15) is 0 Å². The molecule has 0 aliphatic carbocycles. The minimum atomic E-state index is -0.597. The lowest BCUT2D eigenvalue weighted by atomic mass is 10.2. The van der Waals surface area contributed by atoms with Gasteiger partial charge in [-0.05, 0) is 0 Å². The van der Waals surface area contributed by atoms with Crippen LogP contribution in [0.15, 0.2) is 12.7 Å². The molecule has 1 unspecified atom stereocenters. The Morgan fingerprint density at radius 2 is 2.55 bits per heavy atom. The molecule has 0 aromatic heterocycles. The molecule has 0 bridgehead atoms. The van der Waals surface area contributed by atoms with Crippen LogP contribution in [0.3, 0.4) is 0 Å². The maximum absolute atomic E-state index is 10.9. The topological polar surface area (TPSA) is 55.1 Å².